The maximum Gasteiger partial charge on any atom is 0.317 e. The summed E-state index contributed by atoms with van der Waals surface area (Å²) < 4.78 is 0. The molecule has 0 aromatic carbocycles. The minimum Gasteiger partial charge on any atom is -0.481 e. The monoisotopic (exact) mass is 190 g/mol. The molecule has 12 heavy (non-hydrogen) atoms. The van der Waals surface area contributed by atoms with Crippen LogP contribution in [0.15, 0.2) is 0 Å². The Hall–Kier alpha value is -0.843. The fraction of sp³-hybridized carbons (Fsp3) is 0.714. The molecule has 0 aliphatic carbocycles. The van der Waals surface area contributed by atoms with Gasteiger partial charge in [-0.1, -0.05) is 19.6 Å². The van der Waals surface area contributed by atoms with E-state index in [4.69, 9.17) is 10.2 Å². The van der Waals surface area contributed by atoms with E-state index in [1.165, 1.54) is 0 Å². The quantitative estimate of drug-likeness (QED) is 0.514. The number of hydrogen-bond donors (Lipinski definition) is 2. The standard InChI is InChI=1S/C7H14O4Si/c1-12(2,3)4-5(6(8)9)7(10)11/h5H,4H2,1-3H3,(H,8,9)(H,10,11). The van der Waals surface area contributed by atoms with Gasteiger partial charge in [-0.15, -0.1) is 0 Å². The smallest absolute Gasteiger partial charge is 0.317 e. The lowest BCUT2D eigenvalue weighted by Crippen LogP contribution is -2.32. The van der Waals surface area contributed by atoms with Gasteiger partial charge in [0.2, 0.25) is 0 Å². The zero-order chi connectivity index (χ0) is 9.94. The zero-order valence-corrected chi connectivity index (χ0v) is 8.50. The van der Waals surface area contributed by atoms with Crippen LogP contribution in [0.25, 0.3) is 0 Å². The highest BCUT2D eigenvalue weighted by atomic mass is 28.3. The van der Waals surface area contributed by atoms with Crippen molar-refractivity contribution in [2.45, 2.75) is 25.7 Å². The molecule has 70 valence electrons. The molecule has 0 fully saturated rings. The van der Waals surface area contributed by atoms with Crippen LogP contribution in [0.5, 0.6) is 0 Å². The average Bonchev–Trinajstić information content (AvgIpc) is 1.79. The summed E-state index contributed by atoms with van der Waals surface area (Å²) in [5.74, 6) is -3.69. The molecule has 0 bridgehead atoms. The number of carboxylic acid groups (broad SMARTS) is 2. The van der Waals surface area contributed by atoms with Crippen molar-refractivity contribution in [3.8, 4) is 0 Å². The van der Waals surface area contributed by atoms with Crippen LogP contribution < -0.4 is 0 Å². The predicted molar refractivity (Wildman–Crippen MR) is 46.9 cm³/mol. The maximum atomic E-state index is 10.5. The Morgan fingerprint density at radius 1 is 1.17 bits per heavy atom. The van der Waals surface area contributed by atoms with Crippen molar-refractivity contribution in [3.05, 3.63) is 0 Å². The summed E-state index contributed by atoms with van der Waals surface area (Å²) in [4.78, 5) is 20.9. The van der Waals surface area contributed by atoms with Crippen molar-refractivity contribution < 1.29 is 19.8 Å². The molecule has 0 aromatic heterocycles. The Bertz CT molecular complexity index is 180. The van der Waals surface area contributed by atoms with Gasteiger partial charge in [-0.2, -0.15) is 0 Å². The van der Waals surface area contributed by atoms with Crippen molar-refractivity contribution >= 4 is 20.0 Å². The summed E-state index contributed by atoms with van der Waals surface area (Å²) in [6.45, 7) is 5.85. The molecule has 2 N–H and O–H groups in total. The molecule has 0 spiro atoms. The summed E-state index contributed by atoms with van der Waals surface area (Å²) in [6.07, 6.45) is 0. The maximum absolute atomic E-state index is 10.5. The Morgan fingerprint density at radius 2 is 1.50 bits per heavy atom. The van der Waals surface area contributed by atoms with Gasteiger partial charge in [0.1, 0.15) is 0 Å². The van der Waals surface area contributed by atoms with Gasteiger partial charge in [0.25, 0.3) is 0 Å². The van der Waals surface area contributed by atoms with Crippen molar-refractivity contribution in [1.29, 1.82) is 0 Å². The van der Waals surface area contributed by atoms with E-state index in [1.54, 1.807) is 0 Å². The zero-order valence-electron chi connectivity index (χ0n) is 7.50. The third kappa shape index (κ3) is 4.12. The Morgan fingerprint density at radius 3 is 1.58 bits per heavy atom. The molecule has 0 unspecified atom stereocenters. The van der Waals surface area contributed by atoms with Crippen LogP contribution in [-0.2, 0) is 9.59 Å². The van der Waals surface area contributed by atoms with E-state index in [0.717, 1.165) is 0 Å². The van der Waals surface area contributed by atoms with Gasteiger partial charge in [0, 0.05) is 8.07 Å². The summed E-state index contributed by atoms with van der Waals surface area (Å²) in [7, 11) is -1.61. The van der Waals surface area contributed by atoms with E-state index in [0.29, 0.717) is 0 Å². The topological polar surface area (TPSA) is 74.6 Å². The molecule has 0 aliphatic heterocycles. The molecular weight excluding hydrogens is 176 g/mol. The van der Waals surface area contributed by atoms with Crippen LogP contribution in [0.1, 0.15) is 0 Å². The molecule has 0 saturated carbocycles. The Balaban J connectivity index is 4.35. The van der Waals surface area contributed by atoms with Crippen LogP contribution in [0.2, 0.25) is 25.7 Å². The number of rotatable bonds is 4. The van der Waals surface area contributed by atoms with Crippen molar-refractivity contribution in [1.82, 2.24) is 0 Å². The lowest BCUT2D eigenvalue weighted by atomic mass is 10.2. The van der Waals surface area contributed by atoms with Crippen LogP contribution in [-0.4, -0.2) is 30.2 Å². The Labute approximate surface area is 72.2 Å². The van der Waals surface area contributed by atoms with Gasteiger partial charge >= 0.3 is 11.9 Å². The molecule has 0 rings (SSSR count). The van der Waals surface area contributed by atoms with E-state index in [1.807, 2.05) is 19.6 Å². The molecule has 0 atom stereocenters. The third-order valence-corrected chi connectivity index (χ3v) is 3.05. The molecule has 0 heterocycles. The highest BCUT2D eigenvalue weighted by molar-refractivity contribution is 6.76. The van der Waals surface area contributed by atoms with Gasteiger partial charge in [-0.05, 0) is 6.04 Å². The van der Waals surface area contributed by atoms with Crippen molar-refractivity contribution in [3.63, 3.8) is 0 Å². The van der Waals surface area contributed by atoms with E-state index >= 15 is 0 Å². The number of hydrogen-bond acceptors (Lipinski definition) is 2. The fourth-order valence-electron chi connectivity index (χ4n) is 0.893. The van der Waals surface area contributed by atoms with Crippen LogP contribution in [0, 0.1) is 5.92 Å². The Kier molecular flexibility index (Phi) is 3.45. The van der Waals surface area contributed by atoms with E-state index in [2.05, 4.69) is 0 Å². The number of carbonyl (C=O) groups is 2. The first-order valence-corrected chi connectivity index (χ1v) is 7.40. The normalized spacial score (nSPS) is 11.7. The second-order valence-corrected chi connectivity index (χ2v) is 9.52. The van der Waals surface area contributed by atoms with E-state index in [9.17, 15) is 9.59 Å². The largest absolute Gasteiger partial charge is 0.481 e. The summed E-state index contributed by atoms with van der Waals surface area (Å²) in [5.41, 5.74) is 0. The van der Waals surface area contributed by atoms with Gasteiger partial charge in [0.05, 0.1) is 0 Å². The summed E-state index contributed by atoms with van der Waals surface area (Å²) >= 11 is 0. The van der Waals surface area contributed by atoms with Crippen LogP contribution in [0.4, 0.5) is 0 Å². The predicted octanol–water partition coefficient (Wildman–Crippen LogP) is 1.11. The molecule has 0 amide bonds. The van der Waals surface area contributed by atoms with E-state index in [-0.39, 0.29) is 6.04 Å². The fourth-order valence-corrected chi connectivity index (χ4v) is 2.47. The molecule has 0 radical (unpaired) electrons. The summed E-state index contributed by atoms with van der Waals surface area (Å²) in [6, 6.07) is 0.289. The molecule has 4 nitrogen and oxygen atoms in total. The van der Waals surface area contributed by atoms with Gasteiger partial charge < -0.3 is 10.2 Å². The highest BCUT2D eigenvalue weighted by Gasteiger charge is 2.31. The summed E-state index contributed by atoms with van der Waals surface area (Å²) in [5, 5.41) is 17.1. The first-order valence-electron chi connectivity index (χ1n) is 3.69. The van der Waals surface area contributed by atoms with Crippen molar-refractivity contribution in [2.24, 2.45) is 5.92 Å². The minimum atomic E-state index is -1.61. The van der Waals surface area contributed by atoms with Crippen LogP contribution >= 0.6 is 0 Å². The highest BCUT2D eigenvalue weighted by Crippen LogP contribution is 2.17. The first-order chi connectivity index (χ1) is 5.24. The number of carboxylic acids is 2. The second-order valence-electron chi connectivity index (χ2n) is 3.99. The van der Waals surface area contributed by atoms with E-state index < -0.39 is 25.9 Å². The minimum absolute atomic E-state index is 0.289. The van der Waals surface area contributed by atoms with Crippen molar-refractivity contribution in [2.75, 3.05) is 0 Å². The van der Waals surface area contributed by atoms with Gasteiger partial charge in [0.15, 0.2) is 5.92 Å². The van der Waals surface area contributed by atoms with Gasteiger partial charge in [-0.25, -0.2) is 0 Å². The lowest BCUT2D eigenvalue weighted by molar-refractivity contribution is -0.153. The number of aliphatic carboxylic acids is 2. The molecular formula is C7H14O4Si. The molecule has 0 saturated heterocycles. The SMILES string of the molecule is C[Si](C)(C)CC(C(=O)O)C(=O)O. The third-order valence-electron chi connectivity index (χ3n) is 1.41. The molecule has 0 aromatic rings. The first kappa shape index (κ1) is 11.2. The average molecular weight is 190 g/mol. The lowest BCUT2D eigenvalue weighted by Gasteiger charge is -2.18. The second kappa shape index (κ2) is 3.71. The molecule has 0 aliphatic rings. The molecule has 5 heteroatoms. The van der Waals surface area contributed by atoms with Crippen LogP contribution in [0.3, 0.4) is 0 Å². The van der Waals surface area contributed by atoms with Gasteiger partial charge in [-0.3, -0.25) is 9.59 Å².